The van der Waals surface area contributed by atoms with Gasteiger partial charge in [0.25, 0.3) is 10.1 Å². The van der Waals surface area contributed by atoms with Crippen molar-refractivity contribution in [3.05, 3.63) is 0 Å². The first-order chi connectivity index (χ1) is 8.98. The summed E-state index contributed by atoms with van der Waals surface area (Å²) in [6.07, 6.45) is -0.605. The van der Waals surface area contributed by atoms with Gasteiger partial charge in [-0.2, -0.15) is 8.42 Å². The fourth-order valence-electron chi connectivity index (χ4n) is 1.84. The number of piperidine rings is 1. The molecule has 0 aromatic carbocycles. The monoisotopic (exact) mass is 311 g/mol. The second-order valence-corrected chi connectivity index (χ2v) is 7.62. The number of ether oxygens (including phenoxy) is 1. The summed E-state index contributed by atoms with van der Waals surface area (Å²) in [7, 11) is -3.57. The van der Waals surface area contributed by atoms with Crippen LogP contribution in [-0.4, -0.2) is 57.1 Å². The topological polar surface area (TPSA) is 72.9 Å². The van der Waals surface area contributed by atoms with Crippen LogP contribution in [0.3, 0.4) is 0 Å². The molecule has 1 aliphatic rings. The van der Waals surface area contributed by atoms with E-state index in [0.717, 1.165) is 6.26 Å². The fraction of sp³-hybridized carbons (Fsp3) is 0.917. The lowest BCUT2D eigenvalue weighted by atomic mass is 9.96. The number of hydrogen-bond acceptors (Lipinski definition) is 5. The molecule has 118 valence electrons. The molecule has 0 radical (unpaired) electrons. The number of nitrogens with zero attached hydrogens (tertiary/aromatic N) is 1. The summed E-state index contributed by atoms with van der Waals surface area (Å²) in [4.78, 5) is 13.1. The third kappa shape index (κ3) is 6.04. The number of rotatable bonds is 3. The first kappa shape index (κ1) is 17.2. The van der Waals surface area contributed by atoms with E-state index in [2.05, 4.69) is 4.18 Å². The number of likely N-dealkylation sites (tertiary alicyclic amines) is 1. The highest BCUT2D eigenvalue weighted by Crippen LogP contribution is 2.23. The van der Waals surface area contributed by atoms with Crippen molar-refractivity contribution in [3.8, 4) is 0 Å². The lowest BCUT2D eigenvalue weighted by Crippen LogP contribution is -2.47. The summed E-state index contributed by atoms with van der Waals surface area (Å²) in [6.45, 7) is 5.25. The van der Waals surface area contributed by atoms with Crippen LogP contribution >= 0.6 is 0 Å². The van der Waals surface area contributed by atoms with Crippen LogP contribution in [0.15, 0.2) is 0 Å². The summed E-state index contributed by atoms with van der Waals surface area (Å²) < 4.78 is 45.5. The summed E-state index contributed by atoms with van der Waals surface area (Å²) in [5.74, 6) is -0.525. The smallest absolute Gasteiger partial charge is 0.410 e. The quantitative estimate of drug-likeness (QED) is 0.740. The van der Waals surface area contributed by atoms with Crippen molar-refractivity contribution in [1.29, 1.82) is 0 Å². The second kappa shape index (κ2) is 6.26. The third-order valence-corrected chi connectivity index (χ3v) is 3.39. The molecule has 0 saturated carbocycles. The Morgan fingerprint density at radius 3 is 2.45 bits per heavy atom. The van der Waals surface area contributed by atoms with Gasteiger partial charge in [-0.15, -0.1) is 0 Å². The largest absolute Gasteiger partial charge is 0.444 e. The molecule has 2 atom stereocenters. The Balaban J connectivity index is 2.49. The Morgan fingerprint density at radius 2 is 2.00 bits per heavy atom. The van der Waals surface area contributed by atoms with Crippen LogP contribution in [0.5, 0.6) is 0 Å². The van der Waals surface area contributed by atoms with Crippen LogP contribution in [0.4, 0.5) is 9.18 Å². The fourth-order valence-corrected chi connectivity index (χ4v) is 2.27. The van der Waals surface area contributed by atoms with Gasteiger partial charge >= 0.3 is 6.09 Å². The van der Waals surface area contributed by atoms with Gasteiger partial charge in [-0.1, -0.05) is 0 Å². The molecule has 1 rings (SSSR count). The first-order valence-electron chi connectivity index (χ1n) is 6.44. The van der Waals surface area contributed by atoms with Crippen molar-refractivity contribution in [2.24, 2.45) is 5.92 Å². The third-order valence-electron chi connectivity index (χ3n) is 2.82. The van der Waals surface area contributed by atoms with Gasteiger partial charge in [-0.25, -0.2) is 9.18 Å². The van der Waals surface area contributed by atoms with Gasteiger partial charge in [0.2, 0.25) is 0 Å². The van der Waals surface area contributed by atoms with Crippen molar-refractivity contribution in [1.82, 2.24) is 4.90 Å². The van der Waals surface area contributed by atoms with Crippen LogP contribution in [0.1, 0.15) is 27.2 Å². The standard InChI is InChI=1S/C12H22FNO5S/c1-12(2,3)19-11(15)14-6-5-9(10(13)7-14)8-18-20(4,16)17/h9-10H,5-8H2,1-4H3/t9-,10-/m1/s1. The molecule has 0 aliphatic carbocycles. The van der Waals surface area contributed by atoms with E-state index in [1.54, 1.807) is 20.8 Å². The average Bonchev–Trinajstić information content (AvgIpc) is 2.23. The average molecular weight is 311 g/mol. The maximum absolute atomic E-state index is 13.9. The zero-order valence-corrected chi connectivity index (χ0v) is 13.1. The van der Waals surface area contributed by atoms with Gasteiger partial charge in [-0.3, -0.25) is 4.18 Å². The van der Waals surface area contributed by atoms with Crippen LogP contribution in [0.25, 0.3) is 0 Å². The van der Waals surface area contributed by atoms with E-state index in [1.165, 1.54) is 4.90 Å². The van der Waals surface area contributed by atoms with Crippen LogP contribution in [-0.2, 0) is 19.0 Å². The predicted octanol–water partition coefficient (Wildman–Crippen LogP) is 1.56. The summed E-state index contributed by atoms with van der Waals surface area (Å²) in [5.41, 5.74) is -0.626. The normalized spacial score (nSPS) is 24.6. The van der Waals surface area contributed by atoms with Crippen molar-refractivity contribution < 1.29 is 26.5 Å². The van der Waals surface area contributed by atoms with E-state index in [1.807, 2.05) is 0 Å². The predicted molar refractivity (Wildman–Crippen MR) is 71.6 cm³/mol. The van der Waals surface area contributed by atoms with E-state index in [-0.39, 0.29) is 13.2 Å². The first-order valence-corrected chi connectivity index (χ1v) is 8.26. The van der Waals surface area contributed by atoms with Crippen LogP contribution in [0.2, 0.25) is 0 Å². The summed E-state index contributed by atoms with van der Waals surface area (Å²) >= 11 is 0. The zero-order chi connectivity index (χ0) is 15.6. The van der Waals surface area contributed by atoms with Gasteiger partial charge in [0, 0.05) is 12.5 Å². The Bertz CT molecular complexity index is 445. The van der Waals surface area contributed by atoms with Crippen LogP contribution < -0.4 is 0 Å². The van der Waals surface area contributed by atoms with Crippen molar-refractivity contribution >= 4 is 16.2 Å². The van der Waals surface area contributed by atoms with Crippen molar-refractivity contribution in [2.75, 3.05) is 26.0 Å². The van der Waals surface area contributed by atoms with E-state index in [0.29, 0.717) is 13.0 Å². The van der Waals surface area contributed by atoms with Crippen molar-refractivity contribution in [2.45, 2.75) is 39.0 Å². The molecule has 0 aromatic heterocycles. The number of amides is 1. The Labute approximate surface area is 119 Å². The summed E-state index contributed by atoms with van der Waals surface area (Å²) in [6, 6.07) is 0. The number of alkyl halides is 1. The Hall–Kier alpha value is -0.890. The van der Waals surface area contributed by atoms with E-state index >= 15 is 0 Å². The molecular weight excluding hydrogens is 289 g/mol. The van der Waals surface area contributed by atoms with E-state index in [9.17, 15) is 17.6 Å². The molecule has 1 heterocycles. The minimum absolute atomic E-state index is 0.104. The molecule has 0 N–H and O–H groups in total. The molecule has 1 saturated heterocycles. The molecule has 8 heteroatoms. The van der Waals surface area contributed by atoms with Gasteiger partial charge in [0.15, 0.2) is 0 Å². The minimum Gasteiger partial charge on any atom is -0.444 e. The maximum atomic E-state index is 13.9. The summed E-state index contributed by atoms with van der Waals surface area (Å²) in [5, 5.41) is 0. The molecule has 0 aromatic rings. The molecule has 20 heavy (non-hydrogen) atoms. The van der Waals surface area contributed by atoms with E-state index in [4.69, 9.17) is 4.74 Å². The highest BCUT2D eigenvalue weighted by molar-refractivity contribution is 7.85. The van der Waals surface area contributed by atoms with Gasteiger partial charge < -0.3 is 9.64 Å². The second-order valence-electron chi connectivity index (χ2n) is 5.98. The molecule has 1 aliphatic heterocycles. The van der Waals surface area contributed by atoms with E-state index < -0.39 is 33.9 Å². The molecule has 0 bridgehead atoms. The van der Waals surface area contributed by atoms with Gasteiger partial charge in [0.1, 0.15) is 11.8 Å². The SMILES string of the molecule is CC(C)(C)OC(=O)N1CC[C@H](COS(C)(=O)=O)[C@H](F)C1. The zero-order valence-electron chi connectivity index (χ0n) is 12.3. The number of carbonyl (C=O) groups excluding carboxylic acids is 1. The molecule has 0 unspecified atom stereocenters. The Kier molecular flexibility index (Phi) is 5.37. The highest BCUT2D eigenvalue weighted by atomic mass is 32.2. The lowest BCUT2D eigenvalue weighted by Gasteiger charge is -2.35. The highest BCUT2D eigenvalue weighted by Gasteiger charge is 2.34. The molecule has 0 spiro atoms. The van der Waals surface area contributed by atoms with Crippen molar-refractivity contribution in [3.63, 3.8) is 0 Å². The molecule has 1 amide bonds. The van der Waals surface area contributed by atoms with Gasteiger partial charge in [-0.05, 0) is 27.2 Å². The lowest BCUT2D eigenvalue weighted by molar-refractivity contribution is 0.000697. The number of halogens is 1. The number of carbonyl (C=O) groups is 1. The molecular formula is C12H22FNO5S. The maximum Gasteiger partial charge on any atom is 0.410 e. The Morgan fingerprint density at radius 1 is 1.40 bits per heavy atom. The minimum atomic E-state index is -3.57. The molecule has 6 nitrogen and oxygen atoms in total. The molecule has 1 fully saturated rings. The van der Waals surface area contributed by atoms with Crippen LogP contribution in [0, 0.1) is 5.92 Å². The van der Waals surface area contributed by atoms with Gasteiger partial charge in [0.05, 0.1) is 19.4 Å². The number of hydrogen-bond donors (Lipinski definition) is 0.